The van der Waals surface area contributed by atoms with E-state index in [1.807, 2.05) is 6.92 Å². The number of hydrogen-bond acceptors (Lipinski definition) is 5. The summed E-state index contributed by atoms with van der Waals surface area (Å²) in [7, 11) is 1.56. The maximum absolute atomic E-state index is 12.9. The van der Waals surface area contributed by atoms with Crippen LogP contribution in [0.3, 0.4) is 0 Å². The molecule has 2 aromatic rings. The number of hydrazine groups is 1. The highest BCUT2D eigenvalue weighted by Crippen LogP contribution is 2.29. The number of benzene rings is 2. The number of carbonyl (C=O) groups excluding carboxylic acids is 2. The number of hydrogen-bond donors (Lipinski definition) is 3. The van der Waals surface area contributed by atoms with E-state index in [1.54, 1.807) is 62.6 Å². The number of nitrogens with one attached hydrogen (secondary N) is 3. The first-order chi connectivity index (χ1) is 13.9. The van der Waals surface area contributed by atoms with Gasteiger partial charge >= 0.3 is 6.03 Å². The number of methoxy groups -OCH3 is 1. The average molecular weight is 414 g/mol. The standard InChI is InChI=1S/C20H22N4O4S/c1-4-28-16-11-7-14(8-12-16)21-18(29)23-24-17(25)20(2,22-19(24)26)13-5-9-15(27-3)10-6-13/h5-12H,4H2,1-3H3,(H,22,26)(H2,21,23,29)/t20-/m1/s1. The van der Waals surface area contributed by atoms with Crippen molar-refractivity contribution < 1.29 is 19.1 Å². The van der Waals surface area contributed by atoms with Gasteiger partial charge in [-0.1, -0.05) is 12.1 Å². The van der Waals surface area contributed by atoms with Crippen LogP contribution in [0, 0.1) is 0 Å². The predicted octanol–water partition coefficient (Wildman–Crippen LogP) is 2.76. The van der Waals surface area contributed by atoms with E-state index in [0.717, 1.165) is 10.8 Å². The molecule has 0 bridgehead atoms. The van der Waals surface area contributed by atoms with Crippen LogP contribution in [0.2, 0.25) is 0 Å². The van der Waals surface area contributed by atoms with Crippen molar-refractivity contribution >= 4 is 35.0 Å². The molecule has 3 rings (SSSR count). The van der Waals surface area contributed by atoms with Gasteiger partial charge in [0.25, 0.3) is 5.91 Å². The van der Waals surface area contributed by atoms with E-state index < -0.39 is 17.5 Å². The number of thiocarbonyl (C=S) groups is 1. The zero-order chi connectivity index (χ0) is 21.0. The molecule has 1 aliphatic heterocycles. The van der Waals surface area contributed by atoms with Gasteiger partial charge in [-0.25, -0.2) is 4.79 Å². The van der Waals surface area contributed by atoms with Crippen LogP contribution in [0.4, 0.5) is 10.5 Å². The molecule has 0 unspecified atom stereocenters. The fourth-order valence-electron chi connectivity index (χ4n) is 2.92. The lowest BCUT2D eigenvalue weighted by atomic mass is 9.92. The first-order valence-electron chi connectivity index (χ1n) is 8.99. The second-order valence-corrected chi connectivity index (χ2v) is 6.86. The van der Waals surface area contributed by atoms with Gasteiger partial charge in [0.15, 0.2) is 5.11 Å². The van der Waals surface area contributed by atoms with Gasteiger partial charge in [0, 0.05) is 5.69 Å². The SMILES string of the molecule is CCOc1ccc(NC(=S)NN2C(=O)N[C@](C)(c3ccc(OC)cc3)C2=O)cc1. The zero-order valence-corrected chi connectivity index (χ0v) is 17.1. The number of amides is 3. The molecule has 0 aromatic heterocycles. The van der Waals surface area contributed by atoms with Crippen molar-refractivity contribution in [3.8, 4) is 11.5 Å². The molecule has 0 aliphatic carbocycles. The number of ether oxygens (including phenoxy) is 2. The van der Waals surface area contributed by atoms with Crippen LogP contribution in [0.25, 0.3) is 0 Å². The smallest absolute Gasteiger partial charge is 0.344 e. The Morgan fingerprint density at radius 2 is 1.72 bits per heavy atom. The van der Waals surface area contributed by atoms with Crippen LogP contribution in [0.1, 0.15) is 19.4 Å². The van der Waals surface area contributed by atoms with Crippen molar-refractivity contribution in [3.05, 3.63) is 54.1 Å². The van der Waals surface area contributed by atoms with Gasteiger partial charge in [-0.2, -0.15) is 5.01 Å². The van der Waals surface area contributed by atoms with Crippen LogP contribution in [0.15, 0.2) is 48.5 Å². The summed E-state index contributed by atoms with van der Waals surface area (Å²) in [6, 6.07) is 13.5. The largest absolute Gasteiger partial charge is 0.497 e. The lowest BCUT2D eigenvalue weighted by Gasteiger charge is -2.23. The second kappa shape index (κ2) is 8.36. The van der Waals surface area contributed by atoms with Gasteiger partial charge in [0.2, 0.25) is 0 Å². The number of imide groups is 1. The summed E-state index contributed by atoms with van der Waals surface area (Å²) in [5.74, 6) is 0.926. The highest BCUT2D eigenvalue weighted by molar-refractivity contribution is 7.80. The van der Waals surface area contributed by atoms with Crippen molar-refractivity contribution in [1.29, 1.82) is 0 Å². The minimum Gasteiger partial charge on any atom is -0.497 e. The van der Waals surface area contributed by atoms with Crippen LogP contribution >= 0.6 is 12.2 Å². The van der Waals surface area contributed by atoms with Crippen LogP contribution in [-0.4, -0.2) is 35.8 Å². The Kier molecular flexibility index (Phi) is 5.88. The van der Waals surface area contributed by atoms with Crippen molar-refractivity contribution in [1.82, 2.24) is 15.8 Å². The Labute approximate surface area is 174 Å². The number of urea groups is 1. The summed E-state index contributed by atoms with van der Waals surface area (Å²) < 4.78 is 10.5. The summed E-state index contributed by atoms with van der Waals surface area (Å²) >= 11 is 5.24. The van der Waals surface area contributed by atoms with Gasteiger partial charge in [-0.05, 0) is 68.0 Å². The number of rotatable bonds is 6. The molecule has 1 saturated heterocycles. The minimum absolute atomic E-state index is 0.108. The van der Waals surface area contributed by atoms with Crippen molar-refractivity contribution in [2.75, 3.05) is 19.0 Å². The molecule has 0 radical (unpaired) electrons. The minimum atomic E-state index is -1.22. The molecule has 2 aromatic carbocycles. The lowest BCUT2D eigenvalue weighted by molar-refractivity contribution is -0.132. The molecule has 0 saturated carbocycles. The molecule has 1 aliphatic rings. The maximum atomic E-state index is 12.9. The monoisotopic (exact) mass is 414 g/mol. The molecule has 3 amide bonds. The average Bonchev–Trinajstić information content (AvgIpc) is 2.93. The summed E-state index contributed by atoms with van der Waals surface area (Å²) in [6.07, 6.45) is 0. The Bertz CT molecular complexity index is 917. The molecule has 1 fully saturated rings. The first-order valence-corrected chi connectivity index (χ1v) is 9.40. The topological polar surface area (TPSA) is 91.9 Å². The second-order valence-electron chi connectivity index (χ2n) is 6.45. The Hall–Kier alpha value is -3.33. The first kappa shape index (κ1) is 20.4. The van der Waals surface area contributed by atoms with Gasteiger partial charge < -0.3 is 20.1 Å². The summed E-state index contributed by atoms with van der Waals surface area (Å²) in [5.41, 5.74) is 2.75. The Morgan fingerprint density at radius 1 is 1.10 bits per heavy atom. The summed E-state index contributed by atoms with van der Waals surface area (Å²) in [5, 5.41) is 6.62. The van der Waals surface area contributed by atoms with Crippen LogP contribution in [0.5, 0.6) is 11.5 Å². The highest BCUT2D eigenvalue weighted by atomic mass is 32.1. The zero-order valence-electron chi connectivity index (χ0n) is 16.3. The molecule has 8 nitrogen and oxygen atoms in total. The molecule has 0 spiro atoms. The van der Waals surface area contributed by atoms with E-state index in [1.165, 1.54) is 0 Å². The molecule has 1 atom stereocenters. The van der Waals surface area contributed by atoms with E-state index >= 15 is 0 Å². The highest BCUT2D eigenvalue weighted by Gasteiger charge is 2.49. The van der Waals surface area contributed by atoms with Crippen LogP contribution < -0.4 is 25.5 Å². The van der Waals surface area contributed by atoms with Crippen molar-refractivity contribution in [2.24, 2.45) is 0 Å². The van der Waals surface area contributed by atoms with E-state index in [4.69, 9.17) is 21.7 Å². The molecular formula is C20H22N4O4S. The van der Waals surface area contributed by atoms with E-state index in [9.17, 15) is 9.59 Å². The third-order valence-electron chi connectivity index (χ3n) is 4.49. The molecule has 1 heterocycles. The maximum Gasteiger partial charge on any atom is 0.344 e. The molecule has 152 valence electrons. The normalized spacial score (nSPS) is 18.2. The molecular weight excluding hydrogens is 392 g/mol. The van der Waals surface area contributed by atoms with Crippen molar-refractivity contribution in [2.45, 2.75) is 19.4 Å². The number of carbonyl (C=O) groups is 2. The van der Waals surface area contributed by atoms with E-state index in [0.29, 0.717) is 23.6 Å². The lowest BCUT2D eigenvalue weighted by Crippen LogP contribution is -2.49. The Balaban J connectivity index is 1.68. The van der Waals surface area contributed by atoms with Gasteiger partial charge in [-0.15, -0.1) is 0 Å². The Morgan fingerprint density at radius 3 is 2.31 bits per heavy atom. The fourth-order valence-corrected chi connectivity index (χ4v) is 3.13. The van der Waals surface area contributed by atoms with E-state index in [-0.39, 0.29) is 5.11 Å². The van der Waals surface area contributed by atoms with Crippen molar-refractivity contribution in [3.63, 3.8) is 0 Å². The third kappa shape index (κ3) is 4.24. The number of nitrogens with zero attached hydrogens (tertiary/aromatic N) is 1. The quantitative estimate of drug-likeness (QED) is 0.494. The predicted molar refractivity (Wildman–Crippen MR) is 113 cm³/mol. The van der Waals surface area contributed by atoms with Gasteiger partial charge in [0.1, 0.15) is 17.0 Å². The fraction of sp³-hybridized carbons (Fsp3) is 0.250. The van der Waals surface area contributed by atoms with Gasteiger partial charge in [-0.3, -0.25) is 10.2 Å². The third-order valence-corrected chi connectivity index (χ3v) is 4.69. The van der Waals surface area contributed by atoms with Gasteiger partial charge in [0.05, 0.1) is 13.7 Å². The molecule has 3 N–H and O–H groups in total. The van der Waals surface area contributed by atoms with Crippen LogP contribution in [-0.2, 0) is 10.3 Å². The summed E-state index contributed by atoms with van der Waals surface area (Å²) in [6.45, 7) is 4.12. The van der Waals surface area contributed by atoms with E-state index in [2.05, 4.69) is 16.1 Å². The molecule has 9 heteroatoms. The number of anilines is 1. The summed E-state index contributed by atoms with van der Waals surface area (Å²) in [4.78, 5) is 25.3. The molecule has 29 heavy (non-hydrogen) atoms.